The van der Waals surface area contributed by atoms with Crippen molar-refractivity contribution in [1.82, 2.24) is 14.8 Å². The van der Waals surface area contributed by atoms with Gasteiger partial charge in [-0.25, -0.2) is 4.98 Å². The largest absolute Gasteiger partial charge is 0.497 e. The number of ether oxygens (including phenoxy) is 1. The first-order valence-corrected chi connectivity index (χ1v) is 11.9. The molecule has 0 saturated carbocycles. The first-order chi connectivity index (χ1) is 17.5. The Balaban J connectivity index is 1.35. The maximum absolute atomic E-state index is 13.0. The number of hydrogen-bond acceptors (Lipinski definition) is 7. The molecule has 2 aromatic heterocycles. The summed E-state index contributed by atoms with van der Waals surface area (Å²) in [5, 5.41) is 13.8. The van der Waals surface area contributed by atoms with Gasteiger partial charge in [0.05, 0.1) is 24.2 Å². The number of aromatic nitrogens is 3. The molecule has 0 fully saturated rings. The van der Waals surface area contributed by atoms with Crippen molar-refractivity contribution in [3.05, 3.63) is 111 Å². The maximum atomic E-state index is 13.0. The molecular formula is C27H21N5O3S. The Hall–Kier alpha value is -4.63. The van der Waals surface area contributed by atoms with Gasteiger partial charge in [0, 0.05) is 22.1 Å². The number of H-pyrrole nitrogens is 1. The molecule has 0 radical (unpaired) electrons. The van der Waals surface area contributed by atoms with Crippen molar-refractivity contribution in [3.8, 4) is 22.1 Å². The predicted molar refractivity (Wildman–Crippen MR) is 139 cm³/mol. The Labute approximate surface area is 210 Å². The molecule has 0 aliphatic heterocycles. The van der Waals surface area contributed by atoms with Gasteiger partial charge in [-0.3, -0.25) is 14.7 Å². The van der Waals surface area contributed by atoms with Gasteiger partial charge in [0.15, 0.2) is 11.5 Å². The smallest absolute Gasteiger partial charge is 0.301 e. The highest BCUT2D eigenvalue weighted by molar-refractivity contribution is 7.12. The van der Waals surface area contributed by atoms with Crippen molar-refractivity contribution < 1.29 is 9.53 Å². The lowest BCUT2D eigenvalue weighted by atomic mass is 10.0. The van der Waals surface area contributed by atoms with Crippen LogP contribution in [-0.2, 0) is 0 Å². The first-order valence-electron chi connectivity index (χ1n) is 11.1. The van der Waals surface area contributed by atoms with Gasteiger partial charge in [-0.2, -0.15) is 9.80 Å². The van der Waals surface area contributed by atoms with Crippen LogP contribution in [-0.4, -0.2) is 27.7 Å². The van der Waals surface area contributed by atoms with E-state index in [9.17, 15) is 9.59 Å². The summed E-state index contributed by atoms with van der Waals surface area (Å²) in [6, 6.07) is 23.4. The second-order valence-corrected chi connectivity index (χ2v) is 8.75. The summed E-state index contributed by atoms with van der Waals surface area (Å²) in [5.41, 5.74) is 3.80. The van der Waals surface area contributed by atoms with Gasteiger partial charge in [0.1, 0.15) is 5.75 Å². The van der Waals surface area contributed by atoms with Gasteiger partial charge in [-0.05, 0) is 55.5 Å². The zero-order valence-corrected chi connectivity index (χ0v) is 20.3. The number of benzene rings is 3. The van der Waals surface area contributed by atoms with Crippen LogP contribution >= 0.6 is 11.3 Å². The van der Waals surface area contributed by atoms with Gasteiger partial charge in [-0.1, -0.05) is 30.3 Å². The van der Waals surface area contributed by atoms with Crippen molar-refractivity contribution in [3.63, 3.8) is 0 Å². The second-order valence-electron chi connectivity index (χ2n) is 7.91. The highest BCUT2D eigenvalue weighted by atomic mass is 32.1. The van der Waals surface area contributed by atoms with E-state index in [0.717, 1.165) is 17.0 Å². The van der Waals surface area contributed by atoms with Crippen LogP contribution in [0.3, 0.4) is 0 Å². The maximum Gasteiger partial charge on any atom is 0.301 e. The number of methoxy groups -OCH3 is 1. The summed E-state index contributed by atoms with van der Waals surface area (Å²) >= 11 is 1.35. The van der Waals surface area contributed by atoms with Crippen LogP contribution in [0.25, 0.3) is 16.4 Å². The monoisotopic (exact) mass is 495 g/mol. The molecule has 9 heteroatoms. The average molecular weight is 496 g/mol. The number of rotatable bonds is 7. The van der Waals surface area contributed by atoms with Crippen LogP contribution < -0.4 is 10.3 Å². The lowest BCUT2D eigenvalue weighted by Gasteiger charge is -2.01. The third-order valence-electron chi connectivity index (χ3n) is 5.54. The van der Waals surface area contributed by atoms with Crippen molar-refractivity contribution >= 4 is 28.5 Å². The fraction of sp³-hybridized carbons (Fsp3) is 0.0741. The molecule has 0 aliphatic carbocycles. The van der Waals surface area contributed by atoms with Crippen LogP contribution in [0.15, 0.2) is 99.3 Å². The quantitative estimate of drug-likeness (QED) is 0.213. The Bertz CT molecular complexity index is 1600. The van der Waals surface area contributed by atoms with Gasteiger partial charge in [0.2, 0.25) is 5.13 Å². The Kier molecular flexibility index (Phi) is 6.38. The second kappa shape index (κ2) is 9.93. The zero-order valence-electron chi connectivity index (χ0n) is 19.5. The number of azo groups is 1. The minimum Gasteiger partial charge on any atom is -0.497 e. The van der Waals surface area contributed by atoms with Gasteiger partial charge in [0.25, 0.3) is 0 Å². The first kappa shape index (κ1) is 23.1. The molecule has 0 bridgehead atoms. The van der Waals surface area contributed by atoms with Gasteiger partial charge < -0.3 is 4.74 Å². The van der Waals surface area contributed by atoms with Gasteiger partial charge in [-0.15, -0.1) is 16.5 Å². The van der Waals surface area contributed by atoms with E-state index in [1.165, 1.54) is 16.0 Å². The van der Waals surface area contributed by atoms with Crippen molar-refractivity contribution in [2.45, 2.75) is 6.92 Å². The molecule has 2 heterocycles. The summed E-state index contributed by atoms with van der Waals surface area (Å²) in [4.78, 5) is 30.2. The predicted octanol–water partition coefficient (Wildman–Crippen LogP) is 6.25. The number of nitrogens with zero attached hydrogens (tertiary/aromatic N) is 4. The number of thiazole rings is 1. The van der Waals surface area contributed by atoms with E-state index in [4.69, 9.17) is 4.74 Å². The van der Waals surface area contributed by atoms with Crippen molar-refractivity contribution in [2.75, 3.05) is 7.11 Å². The van der Waals surface area contributed by atoms with E-state index in [1.807, 2.05) is 47.8 Å². The molecule has 0 saturated heterocycles. The zero-order chi connectivity index (χ0) is 25.1. The van der Waals surface area contributed by atoms with Crippen molar-refractivity contribution in [1.29, 1.82) is 0 Å². The molecule has 0 unspecified atom stereocenters. The fourth-order valence-corrected chi connectivity index (χ4v) is 4.39. The van der Waals surface area contributed by atoms with E-state index in [2.05, 4.69) is 20.3 Å². The molecule has 36 heavy (non-hydrogen) atoms. The van der Waals surface area contributed by atoms with E-state index >= 15 is 0 Å². The Morgan fingerprint density at radius 3 is 2.33 bits per heavy atom. The summed E-state index contributed by atoms with van der Waals surface area (Å²) < 4.78 is 6.56. The Morgan fingerprint density at radius 2 is 1.64 bits per heavy atom. The highest BCUT2D eigenvalue weighted by Crippen LogP contribution is 2.26. The third kappa shape index (κ3) is 4.64. The summed E-state index contributed by atoms with van der Waals surface area (Å²) in [5.74, 6) is 0.693. The number of aromatic amines is 1. The lowest BCUT2D eigenvalue weighted by Crippen LogP contribution is -2.13. The van der Waals surface area contributed by atoms with Crippen LogP contribution in [0.5, 0.6) is 5.75 Å². The van der Waals surface area contributed by atoms with Crippen LogP contribution in [0.2, 0.25) is 0 Å². The molecule has 0 amide bonds. The third-order valence-corrected chi connectivity index (χ3v) is 6.37. The number of ketones is 1. The topological polar surface area (TPSA) is 102 Å². The van der Waals surface area contributed by atoms with Crippen LogP contribution in [0, 0.1) is 6.92 Å². The summed E-state index contributed by atoms with van der Waals surface area (Å²) in [7, 11) is 1.62. The van der Waals surface area contributed by atoms with Crippen LogP contribution in [0.4, 0.5) is 11.4 Å². The molecule has 1 N–H and O–H groups in total. The number of carbonyl (C=O) groups is 1. The summed E-state index contributed by atoms with van der Waals surface area (Å²) in [6.07, 6.45) is 0. The van der Waals surface area contributed by atoms with Crippen LogP contribution in [0.1, 0.15) is 21.6 Å². The molecule has 3 aromatic carbocycles. The lowest BCUT2D eigenvalue weighted by molar-refractivity contribution is 0.103. The minimum absolute atomic E-state index is 0.0686. The van der Waals surface area contributed by atoms with E-state index in [0.29, 0.717) is 27.6 Å². The number of hydrogen-bond donors (Lipinski definition) is 1. The summed E-state index contributed by atoms with van der Waals surface area (Å²) in [6.45, 7) is 1.76. The minimum atomic E-state index is -0.345. The fourth-order valence-electron chi connectivity index (χ4n) is 3.59. The molecule has 5 aromatic rings. The number of nitrogens with one attached hydrogen (secondary N) is 1. The average Bonchev–Trinajstić information content (AvgIpc) is 3.52. The molecule has 178 valence electrons. The van der Waals surface area contributed by atoms with Gasteiger partial charge >= 0.3 is 5.56 Å². The molecule has 8 nitrogen and oxygen atoms in total. The Morgan fingerprint density at radius 1 is 0.944 bits per heavy atom. The molecule has 0 aliphatic rings. The molecule has 0 spiro atoms. The number of aryl methyl sites for hydroxylation is 1. The highest BCUT2D eigenvalue weighted by Gasteiger charge is 2.15. The SMILES string of the molecule is COc1ccc(-c2csc(-n3[nH]c(C)c(N=Nc4ccc(C(=O)c5ccccc5)cc4)c3=O)n2)cc1. The molecule has 5 rings (SSSR count). The molecule has 0 atom stereocenters. The molecular weight excluding hydrogens is 474 g/mol. The van der Waals surface area contributed by atoms with Crippen molar-refractivity contribution in [2.24, 2.45) is 10.2 Å². The van der Waals surface area contributed by atoms with E-state index in [1.54, 1.807) is 50.4 Å². The standard InChI is InChI=1S/C27H21N5O3S/c1-17-24(30-29-21-12-8-20(9-13-21)25(33)19-6-4-3-5-7-19)26(34)32(31-17)27-28-23(16-36-27)18-10-14-22(35-2)15-11-18/h3-16,31H,1-2H3. The van der Waals surface area contributed by atoms with E-state index in [-0.39, 0.29) is 17.0 Å². The normalized spacial score (nSPS) is 11.2. The number of carbonyl (C=O) groups excluding carboxylic acids is 1. The van der Waals surface area contributed by atoms with E-state index < -0.39 is 0 Å².